The van der Waals surface area contributed by atoms with Gasteiger partial charge in [0, 0.05) is 7.05 Å². The molecular formula is C14H15NO3. The zero-order valence-electron chi connectivity index (χ0n) is 10.3. The third-order valence-electron chi connectivity index (χ3n) is 3.04. The first-order valence-electron chi connectivity index (χ1n) is 5.68. The molecule has 1 unspecified atom stereocenters. The fourth-order valence-electron chi connectivity index (χ4n) is 1.74. The third-order valence-corrected chi connectivity index (χ3v) is 3.04. The van der Waals surface area contributed by atoms with Gasteiger partial charge in [-0.3, -0.25) is 4.79 Å². The van der Waals surface area contributed by atoms with Gasteiger partial charge in [0.05, 0.1) is 17.9 Å². The Morgan fingerprint density at radius 1 is 1.28 bits per heavy atom. The van der Waals surface area contributed by atoms with Crippen molar-refractivity contribution in [1.29, 1.82) is 0 Å². The summed E-state index contributed by atoms with van der Waals surface area (Å²) in [7, 11) is 1.74. The zero-order valence-corrected chi connectivity index (χ0v) is 10.3. The molecule has 0 aliphatic carbocycles. The van der Waals surface area contributed by atoms with Crippen molar-refractivity contribution in [2.45, 2.75) is 13.0 Å². The van der Waals surface area contributed by atoms with Crippen LogP contribution in [0.5, 0.6) is 5.75 Å². The Balaban J connectivity index is 2.16. The molecule has 1 aromatic carbocycles. The van der Waals surface area contributed by atoms with Crippen molar-refractivity contribution in [3.8, 4) is 5.75 Å². The molecule has 0 fully saturated rings. The van der Waals surface area contributed by atoms with E-state index in [4.69, 9.17) is 4.42 Å². The molecule has 4 nitrogen and oxygen atoms in total. The van der Waals surface area contributed by atoms with Crippen molar-refractivity contribution in [2.75, 3.05) is 7.05 Å². The number of amides is 1. The van der Waals surface area contributed by atoms with Gasteiger partial charge in [0.2, 0.25) is 0 Å². The van der Waals surface area contributed by atoms with Crippen LogP contribution in [-0.4, -0.2) is 23.0 Å². The molecule has 1 heterocycles. The topological polar surface area (TPSA) is 53.7 Å². The molecule has 1 atom stereocenters. The molecule has 0 aliphatic rings. The summed E-state index contributed by atoms with van der Waals surface area (Å²) in [6.45, 7) is 1.93. The lowest BCUT2D eigenvalue weighted by Crippen LogP contribution is -2.29. The summed E-state index contributed by atoms with van der Waals surface area (Å²) in [4.78, 5) is 13.7. The van der Waals surface area contributed by atoms with Crippen LogP contribution in [0.25, 0.3) is 0 Å². The third kappa shape index (κ3) is 2.37. The molecule has 1 N–H and O–H groups in total. The Labute approximate surface area is 105 Å². The average molecular weight is 245 g/mol. The van der Waals surface area contributed by atoms with Gasteiger partial charge in [-0.2, -0.15) is 0 Å². The van der Waals surface area contributed by atoms with E-state index in [0.717, 1.165) is 5.56 Å². The largest absolute Gasteiger partial charge is 0.508 e. The van der Waals surface area contributed by atoms with E-state index < -0.39 is 0 Å². The number of hydrogen-bond acceptors (Lipinski definition) is 3. The van der Waals surface area contributed by atoms with Gasteiger partial charge in [-0.25, -0.2) is 0 Å². The molecule has 0 aliphatic heterocycles. The lowest BCUT2D eigenvalue weighted by atomic mass is 10.1. The standard InChI is InChI=1S/C14H15NO3/c1-10(11-3-5-13(16)6-4-11)15(2)14(17)12-7-8-18-9-12/h3-10,16H,1-2H3. The molecule has 1 aromatic heterocycles. The number of phenols is 1. The number of carbonyl (C=O) groups is 1. The van der Waals surface area contributed by atoms with Crippen molar-refractivity contribution in [2.24, 2.45) is 0 Å². The molecule has 94 valence electrons. The van der Waals surface area contributed by atoms with E-state index in [9.17, 15) is 9.90 Å². The lowest BCUT2D eigenvalue weighted by molar-refractivity contribution is 0.0742. The van der Waals surface area contributed by atoms with Crippen LogP contribution >= 0.6 is 0 Å². The monoisotopic (exact) mass is 245 g/mol. The van der Waals surface area contributed by atoms with Crippen LogP contribution in [0.2, 0.25) is 0 Å². The Bertz CT molecular complexity index is 516. The first kappa shape index (κ1) is 12.2. The van der Waals surface area contributed by atoms with Crippen LogP contribution in [0, 0.1) is 0 Å². The lowest BCUT2D eigenvalue weighted by Gasteiger charge is -2.24. The minimum Gasteiger partial charge on any atom is -0.508 e. The highest BCUT2D eigenvalue weighted by atomic mass is 16.3. The van der Waals surface area contributed by atoms with Crippen LogP contribution < -0.4 is 0 Å². The Kier molecular flexibility index (Phi) is 3.37. The van der Waals surface area contributed by atoms with Gasteiger partial charge < -0.3 is 14.4 Å². The van der Waals surface area contributed by atoms with E-state index >= 15 is 0 Å². The van der Waals surface area contributed by atoms with Crippen LogP contribution in [0.4, 0.5) is 0 Å². The van der Waals surface area contributed by atoms with E-state index in [2.05, 4.69) is 0 Å². The highest BCUT2D eigenvalue weighted by molar-refractivity contribution is 5.93. The second-order valence-corrected chi connectivity index (χ2v) is 4.20. The first-order valence-corrected chi connectivity index (χ1v) is 5.68. The van der Waals surface area contributed by atoms with Gasteiger partial charge in [-0.15, -0.1) is 0 Å². The normalized spacial score (nSPS) is 12.1. The molecule has 1 amide bonds. The fraction of sp³-hybridized carbons (Fsp3) is 0.214. The molecule has 4 heteroatoms. The van der Waals surface area contributed by atoms with Crippen molar-refractivity contribution >= 4 is 5.91 Å². The van der Waals surface area contributed by atoms with Crippen molar-refractivity contribution in [3.63, 3.8) is 0 Å². The number of carbonyl (C=O) groups excluding carboxylic acids is 1. The van der Waals surface area contributed by atoms with Gasteiger partial charge >= 0.3 is 0 Å². The molecule has 0 bridgehead atoms. The molecule has 0 saturated carbocycles. The van der Waals surface area contributed by atoms with Crippen molar-refractivity contribution < 1.29 is 14.3 Å². The highest BCUT2D eigenvalue weighted by Crippen LogP contribution is 2.22. The van der Waals surface area contributed by atoms with Crippen LogP contribution in [0.3, 0.4) is 0 Å². The maximum absolute atomic E-state index is 12.1. The maximum Gasteiger partial charge on any atom is 0.257 e. The SMILES string of the molecule is CC(c1ccc(O)cc1)N(C)C(=O)c1ccoc1. The summed E-state index contributed by atoms with van der Waals surface area (Å²) in [5.74, 6) is 0.124. The maximum atomic E-state index is 12.1. The van der Waals surface area contributed by atoms with Gasteiger partial charge in [0.25, 0.3) is 5.91 Å². The number of aromatic hydroxyl groups is 1. The second-order valence-electron chi connectivity index (χ2n) is 4.20. The van der Waals surface area contributed by atoms with E-state index in [1.54, 1.807) is 42.3 Å². The first-order chi connectivity index (χ1) is 8.59. The summed E-state index contributed by atoms with van der Waals surface area (Å²) < 4.78 is 4.91. The fourth-order valence-corrected chi connectivity index (χ4v) is 1.74. The van der Waals surface area contributed by atoms with Gasteiger partial charge in [0.15, 0.2) is 0 Å². The second kappa shape index (κ2) is 4.96. The summed E-state index contributed by atoms with van der Waals surface area (Å²) in [5.41, 5.74) is 1.50. The number of nitrogens with zero attached hydrogens (tertiary/aromatic N) is 1. The van der Waals surface area contributed by atoms with E-state index in [1.165, 1.54) is 12.5 Å². The number of rotatable bonds is 3. The predicted octanol–water partition coefficient (Wildman–Crippen LogP) is 2.82. The Morgan fingerprint density at radius 3 is 2.50 bits per heavy atom. The molecule has 0 radical (unpaired) electrons. The van der Waals surface area contributed by atoms with Gasteiger partial charge in [0.1, 0.15) is 12.0 Å². The number of benzene rings is 1. The summed E-state index contributed by atoms with van der Waals surface area (Å²) in [6.07, 6.45) is 2.91. The van der Waals surface area contributed by atoms with Crippen LogP contribution in [0.1, 0.15) is 28.9 Å². The van der Waals surface area contributed by atoms with E-state index in [0.29, 0.717) is 5.56 Å². The number of furan rings is 1. The average Bonchev–Trinajstić information content (AvgIpc) is 2.91. The highest BCUT2D eigenvalue weighted by Gasteiger charge is 2.19. The number of phenolic OH excluding ortho intramolecular Hbond substituents is 1. The molecule has 18 heavy (non-hydrogen) atoms. The van der Waals surface area contributed by atoms with Crippen molar-refractivity contribution in [3.05, 3.63) is 54.0 Å². The summed E-state index contributed by atoms with van der Waals surface area (Å²) >= 11 is 0. The van der Waals surface area contributed by atoms with Gasteiger partial charge in [-0.1, -0.05) is 12.1 Å². The molecule has 2 aromatic rings. The Hall–Kier alpha value is -2.23. The predicted molar refractivity (Wildman–Crippen MR) is 67.3 cm³/mol. The van der Waals surface area contributed by atoms with Crippen LogP contribution in [0.15, 0.2) is 47.3 Å². The molecule has 0 saturated heterocycles. The quantitative estimate of drug-likeness (QED) is 0.904. The summed E-state index contributed by atoms with van der Waals surface area (Å²) in [5, 5.41) is 9.24. The molecule has 0 spiro atoms. The van der Waals surface area contributed by atoms with Gasteiger partial charge in [-0.05, 0) is 30.7 Å². The Morgan fingerprint density at radius 2 is 1.94 bits per heavy atom. The van der Waals surface area contributed by atoms with E-state index in [-0.39, 0.29) is 17.7 Å². The minimum absolute atomic E-state index is 0.0759. The number of hydrogen-bond donors (Lipinski definition) is 1. The molecular weight excluding hydrogens is 230 g/mol. The van der Waals surface area contributed by atoms with E-state index in [1.807, 2.05) is 6.92 Å². The van der Waals surface area contributed by atoms with Crippen molar-refractivity contribution in [1.82, 2.24) is 4.90 Å². The minimum atomic E-state index is -0.0932. The smallest absolute Gasteiger partial charge is 0.257 e. The summed E-state index contributed by atoms with van der Waals surface area (Å²) in [6, 6.07) is 8.40. The van der Waals surface area contributed by atoms with Crippen LogP contribution in [-0.2, 0) is 0 Å². The molecule has 2 rings (SSSR count). The zero-order chi connectivity index (χ0) is 13.1.